The van der Waals surface area contributed by atoms with E-state index in [-0.39, 0.29) is 17.1 Å². The van der Waals surface area contributed by atoms with Crippen LogP contribution < -0.4 is 0 Å². The second-order valence-corrected chi connectivity index (χ2v) is 0.743. The van der Waals surface area contributed by atoms with Crippen LogP contribution in [0.15, 0.2) is 0 Å². The van der Waals surface area contributed by atoms with Gasteiger partial charge in [-0.2, -0.15) is 5.26 Å². The summed E-state index contributed by atoms with van der Waals surface area (Å²) >= 11 is 0. The predicted molar refractivity (Wildman–Crippen MR) is 24.6 cm³/mol. The monoisotopic (exact) mass is 164 g/mol. The minimum atomic E-state index is -0.833. The Balaban J connectivity index is -0.0000000575. The van der Waals surface area contributed by atoms with Gasteiger partial charge in [0.1, 0.15) is 0 Å². The summed E-state index contributed by atoms with van der Waals surface area (Å²) in [6.45, 7) is 2.51. The van der Waals surface area contributed by atoms with E-state index in [0.717, 1.165) is 6.92 Å². The van der Waals surface area contributed by atoms with E-state index in [4.69, 9.17) is 15.2 Å². The fourth-order valence-electron chi connectivity index (χ4n) is 0. The molecule has 0 aliphatic heterocycles. The van der Waals surface area contributed by atoms with Crippen molar-refractivity contribution in [3.05, 3.63) is 0 Å². The van der Waals surface area contributed by atoms with Gasteiger partial charge in [0, 0.05) is 30.9 Å². The molecule has 0 aliphatic carbocycles. The van der Waals surface area contributed by atoms with E-state index in [9.17, 15) is 0 Å². The van der Waals surface area contributed by atoms with Gasteiger partial charge in [-0.1, -0.05) is 0 Å². The van der Waals surface area contributed by atoms with Gasteiger partial charge in [0.05, 0.1) is 6.07 Å². The molecule has 1 N–H and O–H groups in total. The molecule has 0 aromatic rings. The van der Waals surface area contributed by atoms with E-state index < -0.39 is 5.97 Å². The number of hydrogen-bond donors (Lipinski definition) is 1. The molecule has 0 fully saturated rings. The van der Waals surface area contributed by atoms with Gasteiger partial charge < -0.3 is 5.11 Å². The van der Waals surface area contributed by atoms with Gasteiger partial charge in [-0.05, 0) is 0 Å². The molecule has 0 heterocycles. The van der Waals surface area contributed by atoms with Crippen LogP contribution in [0.25, 0.3) is 0 Å². The van der Waals surface area contributed by atoms with Crippen molar-refractivity contribution in [1.29, 1.82) is 5.26 Å². The Labute approximate surface area is 58.8 Å². The Morgan fingerprint density at radius 3 is 1.75 bits per heavy atom. The SMILES string of the molecule is CC#N.CC(=O)O.[Cu]. The van der Waals surface area contributed by atoms with Crippen molar-refractivity contribution in [2.24, 2.45) is 0 Å². The molecular formula is C4H7CuNO2. The number of rotatable bonds is 0. The largest absolute Gasteiger partial charge is 0.481 e. The third-order valence-electron chi connectivity index (χ3n) is 0. The van der Waals surface area contributed by atoms with E-state index in [0.29, 0.717) is 0 Å². The number of carboxylic acids is 1. The van der Waals surface area contributed by atoms with Crippen LogP contribution in [-0.2, 0) is 21.9 Å². The normalized spacial score (nSPS) is 4.12. The second kappa shape index (κ2) is 16.1. The van der Waals surface area contributed by atoms with Gasteiger partial charge in [0.2, 0.25) is 0 Å². The number of aliphatic carboxylic acids is 1. The second-order valence-electron chi connectivity index (χ2n) is 0.743. The third kappa shape index (κ3) is 406. The van der Waals surface area contributed by atoms with Gasteiger partial charge in [-0.15, -0.1) is 0 Å². The molecule has 8 heavy (non-hydrogen) atoms. The van der Waals surface area contributed by atoms with Crippen LogP contribution in [0.4, 0.5) is 0 Å². The molecule has 0 aliphatic rings. The number of hydrogen-bond acceptors (Lipinski definition) is 2. The third-order valence-corrected chi connectivity index (χ3v) is 0. The fourth-order valence-corrected chi connectivity index (χ4v) is 0. The number of carboxylic acid groups (broad SMARTS) is 1. The van der Waals surface area contributed by atoms with Crippen LogP contribution in [-0.4, -0.2) is 11.1 Å². The van der Waals surface area contributed by atoms with Crippen LogP contribution in [0.5, 0.6) is 0 Å². The summed E-state index contributed by atoms with van der Waals surface area (Å²) in [5, 5.41) is 14.7. The van der Waals surface area contributed by atoms with E-state index in [1.807, 2.05) is 0 Å². The summed E-state index contributed by atoms with van der Waals surface area (Å²) in [6, 6.07) is 1.75. The zero-order valence-electron chi connectivity index (χ0n) is 4.60. The molecule has 0 spiro atoms. The van der Waals surface area contributed by atoms with Gasteiger partial charge in [0.15, 0.2) is 0 Å². The number of nitriles is 1. The summed E-state index contributed by atoms with van der Waals surface area (Å²) in [7, 11) is 0. The maximum Gasteiger partial charge on any atom is 0.300 e. The van der Waals surface area contributed by atoms with Crippen LogP contribution in [0.2, 0.25) is 0 Å². The van der Waals surface area contributed by atoms with Gasteiger partial charge in [-0.3, -0.25) is 4.79 Å². The maximum atomic E-state index is 9.00. The Morgan fingerprint density at radius 1 is 1.75 bits per heavy atom. The Bertz CT molecular complexity index is 82.5. The molecule has 0 saturated carbocycles. The molecule has 0 saturated heterocycles. The zero-order valence-corrected chi connectivity index (χ0v) is 5.55. The molecule has 0 unspecified atom stereocenters. The topological polar surface area (TPSA) is 61.1 Å². The first kappa shape index (κ1) is 15.6. The van der Waals surface area contributed by atoms with Gasteiger partial charge in [0.25, 0.3) is 5.97 Å². The Morgan fingerprint density at radius 2 is 1.75 bits per heavy atom. The van der Waals surface area contributed by atoms with E-state index >= 15 is 0 Å². The molecular weight excluding hydrogens is 158 g/mol. The minimum absolute atomic E-state index is 0. The van der Waals surface area contributed by atoms with Crippen molar-refractivity contribution < 1.29 is 27.0 Å². The molecule has 0 aromatic heterocycles. The summed E-state index contributed by atoms with van der Waals surface area (Å²) in [4.78, 5) is 9.00. The van der Waals surface area contributed by atoms with Crippen molar-refractivity contribution in [3.8, 4) is 6.07 Å². The van der Waals surface area contributed by atoms with Crippen LogP contribution in [0, 0.1) is 11.3 Å². The summed E-state index contributed by atoms with van der Waals surface area (Å²) in [6.07, 6.45) is 0. The quantitative estimate of drug-likeness (QED) is 0.534. The number of carbonyl (C=O) groups is 1. The molecule has 1 radical (unpaired) electrons. The Hall–Kier alpha value is -0.521. The van der Waals surface area contributed by atoms with Crippen molar-refractivity contribution in [3.63, 3.8) is 0 Å². The van der Waals surface area contributed by atoms with Crippen molar-refractivity contribution in [1.82, 2.24) is 0 Å². The van der Waals surface area contributed by atoms with Gasteiger partial charge >= 0.3 is 0 Å². The molecule has 4 heteroatoms. The first-order valence-electron chi connectivity index (χ1n) is 1.65. The molecule has 0 aromatic carbocycles. The maximum absolute atomic E-state index is 9.00. The average Bonchev–Trinajstić information content (AvgIpc) is 1.33. The number of nitrogens with zero attached hydrogens (tertiary/aromatic N) is 1. The minimum Gasteiger partial charge on any atom is -0.481 e. The fraction of sp³-hybridized carbons (Fsp3) is 0.500. The van der Waals surface area contributed by atoms with Crippen molar-refractivity contribution in [2.45, 2.75) is 13.8 Å². The smallest absolute Gasteiger partial charge is 0.300 e. The van der Waals surface area contributed by atoms with E-state index in [2.05, 4.69) is 0 Å². The average molecular weight is 165 g/mol. The molecule has 0 rings (SSSR count). The summed E-state index contributed by atoms with van der Waals surface area (Å²) < 4.78 is 0. The Kier molecular flexibility index (Phi) is 31.4. The van der Waals surface area contributed by atoms with E-state index in [1.165, 1.54) is 6.92 Å². The van der Waals surface area contributed by atoms with E-state index in [1.54, 1.807) is 6.07 Å². The van der Waals surface area contributed by atoms with Crippen molar-refractivity contribution >= 4 is 5.97 Å². The van der Waals surface area contributed by atoms with Crippen molar-refractivity contribution in [2.75, 3.05) is 0 Å². The molecule has 0 amide bonds. The summed E-state index contributed by atoms with van der Waals surface area (Å²) in [5.41, 5.74) is 0. The predicted octanol–water partition coefficient (Wildman–Crippen LogP) is 0.618. The summed E-state index contributed by atoms with van der Waals surface area (Å²) in [5.74, 6) is -0.833. The molecule has 0 atom stereocenters. The first-order valence-corrected chi connectivity index (χ1v) is 1.65. The zero-order chi connectivity index (χ0) is 6.28. The molecule has 51 valence electrons. The standard InChI is InChI=1S/C2H3N.C2H4O2.Cu/c1-2-3;1-2(3)4;/h1H3;1H3,(H,3,4);. The molecule has 3 nitrogen and oxygen atoms in total. The van der Waals surface area contributed by atoms with Crippen LogP contribution in [0.1, 0.15) is 13.8 Å². The first-order chi connectivity index (χ1) is 3.15. The van der Waals surface area contributed by atoms with Crippen LogP contribution in [0.3, 0.4) is 0 Å². The van der Waals surface area contributed by atoms with Crippen LogP contribution >= 0.6 is 0 Å². The van der Waals surface area contributed by atoms with Gasteiger partial charge in [-0.25, -0.2) is 0 Å². The molecule has 0 bridgehead atoms.